The van der Waals surface area contributed by atoms with Crippen molar-refractivity contribution in [2.24, 2.45) is 0 Å². The van der Waals surface area contributed by atoms with Crippen molar-refractivity contribution in [2.45, 2.75) is 24.6 Å². The second-order valence-electron chi connectivity index (χ2n) is 4.38. The summed E-state index contributed by atoms with van der Waals surface area (Å²) in [5, 5.41) is 28.7. The lowest BCUT2D eigenvalue weighted by Crippen LogP contribution is -2.54. The van der Waals surface area contributed by atoms with E-state index < -0.39 is 30.6 Å². The molecule has 1 aromatic rings. The van der Waals surface area contributed by atoms with Crippen LogP contribution >= 0.6 is 0 Å². The predicted molar refractivity (Wildman–Crippen MR) is 66.2 cm³/mol. The third kappa shape index (κ3) is 3.07. The second-order valence-corrected chi connectivity index (χ2v) is 4.38. The number of esters is 1. The van der Waals surface area contributed by atoms with Crippen molar-refractivity contribution in [3.05, 3.63) is 29.8 Å². The van der Waals surface area contributed by atoms with E-state index in [0.29, 0.717) is 5.75 Å². The van der Waals surface area contributed by atoms with Crippen molar-refractivity contribution in [3.8, 4) is 5.75 Å². The number of ether oxygens (including phenoxy) is 3. The highest BCUT2D eigenvalue weighted by Gasteiger charge is 2.40. The highest BCUT2D eigenvalue weighted by atomic mass is 16.7. The smallest absolute Gasteiger partial charge is 0.338 e. The summed E-state index contributed by atoms with van der Waals surface area (Å²) in [6.45, 7) is -0.223. The first-order valence-electron chi connectivity index (χ1n) is 6.03. The number of methoxy groups -OCH3 is 1. The van der Waals surface area contributed by atoms with E-state index in [1.165, 1.54) is 19.2 Å². The van der Waals surface area contributed by atoms with E-state index in [1.807, 2.05) is 0 Å². The minimum absolute atomic E-state index is 0.223. The molecular weight excluding hydrogens is 268 g/mol. The molecule has 1 saturated heterocycles. The molecule has 4 atom stereocenters. The molecular formula is C13H16O7. The van der Waals surface area contributed by atoms with Gasteiger partial charge < -0.3 is 29.5 Å². The minimum Gasteiger partial charge on any atom is -0.497 e. The predicted octanol–water partition coefficient (Wildman–Crippen LogP) is -0.709. The zero-order valence-electron chi connectivity index (χ0n) is 10.8. The summed E-state index contributed by atoms with van der Waals surface area (Å²) < 4.78 is 14.7. The largest absolute Gasteiger partial charge is 0.497 e. The summed E-state index contributed by atoms with van der Waals surface area (Å²) in [7, 11) is 1.50. The van der Waals surface area contributed by atoms with Gasteiger partial charge in [-0.05, 0) is 24.3 Å². The lowest BCUT2D eigenvalue weighted by molar-refractivity contribution is -0.251. The fraction of sp³-hybridized carbons (Fsp3) is 0.462. The van der Waals surface area contributed by atoms with Gasteiger partial charge in [-0.3, -0.25) is 0 Å². The van der Waals surface area contributed by atoms with Crippen molar-refractivity contribution >= 4 is 5.97 Å². The number of hydrogen-bond donors (Lipinski definition) is 3. The molecule has 0 saturated carbocycles. The van der Waals surface area contributed by atoms with Crippen LogP contribution in [0, 0.1) is 0 Å². The van der Waals surface area contributed by atoms with Crippen LogP contribution < -0.4 is 4.74 Å². The molecule has 7 nitrogen and oxygen atoms in total. The zero-order valence-corrected chi connectivity index (χ0v) is 10.8. The Balaban J connectivity index is 2.05. The molecule has 110 valence electrons. The number of aliphatic hydroxyl groups is 3. The summed E-state index contributed by atoms with van der Waals surface area (Å²) in [6, 6.07) is 6.13. The maximum Gasteiger partial charge on any atom is 0.338 e. The Morgan fingerprint density at radius 1 is 1.25 bits per heavy atom. The van der Waals surface area contributed by atoms with Crippen molar-refractivity contribution in [1.82, 2.24) is 0 Å². The number of carbonyl (C=O) groups excluding carboxylic acids is 1. The first kappa shape index (κ1) is 14.7. The van der Waals surface area contributed by atoms with Crippen LogP contribution in [-0.2, 0) is 9.47 Å². The summed E-state index contributed by atoms with van der Waals surface area (Å²) >= 11 is 0. The molecule has 1 aliphatic heterocycles. The highest BCUT2D eigenvalue weighted by Crippen LogP contribution is 2.19. The van der Waals surface area contributed by atoms with Crippen LogP contribution in [0.1, 0.15) is 10.4 Å². The standard InChI is InChI=1S/C13H16O7/c1-18-8-4-2-7(3-5-8)12(16)20-11-10(15)9(14)6-19-13(11)17/h2-5,9-11,13-15,17H,6H2,1H3/t9-,10+,11-,13+/m1/s1. The quantitative estimate of drug-likeness (QED) is 0.630. The summed E-state index contributed by atoms with van der Waals surface area (Å²) in [6.07, 6.45) is -5.43. The molecule has 0 aliphatic carbocycles. The average Bonchev–Trinajstić information content (AvgIpc) is 2.47. The molecule has 0 unspecified atom stereocenters. The third-order valence-electron chi connectivity index (χ3n) is 3.02. The van der Waals surface area contributed by atoms with Crippen molar-refractivity contribution in [3.63, 3.8) is 0 Å². The van der Waals surface area contributed by atoms with Gasteiger partial charge in [-0.2, -0.15) is 0 Å². The zero-order chi connectivity index (χ0) is 14.7. The molecule has 3 N–H and O–H groups in total. The van der Waals surface area contributed by atoms with E-state index in [1.54, 1.807) is 12.1 Å². The van der Waals surface area contributed by atoms with Gasteiger partial charge in [0, 0.05) is 0 Å². The highest BCUT2D eigenvalue weighted by molar-refractivity contribution is 5.89. The maximum atomic E-state index is 11.9. The van der Waals surface area contributed by atoms with Gasteiger partial charge in [-0.15, -0.1) is 0 Å². The minimum atomic E-state index is -1.48. The van der Waals surface area contributed by atoms with E-state index in [2.05, 4.69) is 0 Å². The Hall–Kier alpha value is -1.67. The van der Waals surface area contributed by atoms with Gasteiger partial charge >= 0.3 is 5.97 Å². The van der Waals surface area contributed by atoms with Crippen LogP contribution in [0.25, 0.3) is 0 Å². The van der Waals surface area contributed by atoms with E-state index in [-0.39, 0.29) is 12.2 Å². The number of hydrogen-bond acceptors (Lipinski definition) is 7. The van der Waals surface area contributed by atoms with Crippen molar-refractivity contribution < 1.29 is 34.3 Å². The second kappa shape index (κ2) is 6.19. The van der Waals surface area contributed by atoms with E-state index in [0.717, 1.165) is 0 Å². The average molecular weight is 284 g/mol. The lowest BCUT2D eigenvalue weighted by Gasteiger charge is -2.34. The summed E-state index contributed by atoms with van der Waals surface area (Å²) in [5.74, 6) is -0.161. The number of rotatable bonds is 3. The number of aliphatic hydroxyl groups excluding tert-OH is 3. The van der Waals surface area contributed by atoms with Crippen LogP contribution in [0.3, 0.4) is 0 Å². The van der Waals surface area contributed by atoms with Crippen molar-refractivity contribution in [2.75, 3.05) is 13.7 Å². The Bertz CT molecular complexity index is 458. The van der Waals surface area contributed by atoms with Gasteiger partial charge in [0.25, 0.3) is 0 Å². The number of carbonyl (C=O) groups is 1. The SMILES string of the molecule is COc1ccc(C(=O)O[C@@H]2[C@@H](O)[C@H](O)CO[C@@H]2O)cc1. The monoisotopic (exact) mass is 284 g/mol. The molecule has 2 rings (SSSR count). The molecule has 0 spiro atoms. The summed E-state index contributed by atoms with van der Waals surface area (Å²) in [5.41, 5.74) is 0.227. The fourth-order valence-corrected chi connectivity index (χ4v) is 1.82. The number of benzene rings is 1. The molecule has 1 aromatic carbocycles. The van der Waals surface area contributed by atoms with Crippen LogP contribution in [0.2, 0.25) is 0 Å². The molecule has 1 heterocycles. The normalized spacial score (nSPS) is 29.8. The van der Waals surface area contributed by atoms with Crippen LogP contribution in [0.5, 0.6) is 5.75 Å². The van der Waals surface area contributed by atoms with Crippen molar-refractivity contribution in [1.29, 1.82) is 0 Å². The molecule has 1 aliphatic rings. The molecule has 0 bridgehead atoms. The molecule has 0 aromatic heterocycles. The Kier molecular flexibility index (Phi) is 4.56. The molecule has 0 radical (unpaired) electrons. The van der Waals surface area contributed by atoms with E-state index >= 15 is 0 Å². The molecule has 1 fully saturated rings. The first-order valence-corrected chi connectivity index (χ1v) is 6.03. The van der Waals surface area contributed by atoms with E-state index in [9.17, 15) is 20.1 Å². The topological polar surface area (TPSA) is 105 Å². The first-order chi connectivity index (χ1) is 9.52. The van der Waals surface area contributed by atoms with Gasteiger partial charge in [-0.1, -0.05) is 0 Å². The van der Waals surface area contributed by atoms with E-state index in [4.69, 9.17) is 14.2 Å². The maximum absolute atomic E-state index is 11.9. The third-order valence-corrected chi connectivity index (χ3v) is 3.02. The fourth-order valence-electron chi connectivity index (χ4n) is 1.82. The van der Waals surface area contributed by atoms with Crippen LogP contribution in [0.15, 0.2) is 24.3 Å². The van der Waals surface area contributed by atoms with Gasteiger partial charge in [0.2, 0.25) is 0 Å². The molecule has 0 amide bonds. The van der Waals surface area contributed by atoms with Gasteiger partial charge in [-0.25, -0.2) is 4.79 Å². The Morgan fingerprint density at radius 2 is 1.90 bits per heavy atom. The molecule has 20 heavy (non-hydrogen) atoms. The Labute approximate surface area is 115 Å². The molecule has 7 heteroatoms. The Morgan fingerprint density at radius 3 is 2.50 bits per heavy atom. The summed E-state index contributed by atoms with van der Waals surface area (Å²) in [4.78, 5) is 11.9. The van der Waals surface area contributed by atoms with Crippen LogP contribution in [-0.4, -0.2) is 59.6 Å². The van der Waals surface area contributed by atoms with Gasteiger partial charge in [0.1, 0.15) is 18.0 Å². The lowest BCUT2D eigenvalue weighted by atomic mass is 10.1. The van der Waals surface area contributed by atoms with Gasteiger partial charge in [0.15, 0.2) is 12.4 Å². The van der Waals surface area contributed by atoms with Crippen LogP contribution in [0.4, 0.5) is 0 Å². The van der Waals surface area contributed by atoms with Gasteiger partial charge in [0.05, 0.1) is 19.3 Å².